The number of nitrogens with one attached hydrogen (secondary N) is 2. The van der Waals surface area contributed by atoms with Crippen molar-refractivity contribution < 1.29 is 39.0 Å². The van der Waals surface area contributed by atoms with Gasteiger partial charge in [-0.05, 0) is 0 Å². The van der Waals surface area contributed by atoms with Crippen LogP contribution in [-0.4, -0.2) is 68.9 Å². The van der Waals surface area contributed by atoms with Crippen LogP contribution in [0.2, 0.25) is 0 Å². The number of aromatic amines is 2. The van der Waals surface area contributed by atoms with E-state index in [-0.39, 0.29) is 12.8 Å². The van der Waals surface area contributed by atoms with Gasteiger partial charge in [0.15, 0.2) is 0 Å². The summed E-state index contributed by atoms with van der Waals surface area (Å²) in [6.45, 7) is 0. The summed E-state index contributed by atoms with van der Waals surface area (Å²) in [5.41, 5.74) is 12.0. The average molecular weight is 408 g/mol. The number of carboxylic acid groups (broad SMARTS) is 2. The number of phosphoric acid groups is 1. The third-order valence-corrected chi connectivity index (χ3v) is 2.62. The molecule has 0 bridgehead atoms. The van der Waals surface area contributed by atoms with E-state index in [1.165, 1.54) is 12.7 Å². The molecule has 11 N–H and O–H groups in total. The SMILES string of the molecule is N[C@@H](Cc1cnc[nH]1)C(=O)O.N[C@@H](Cc1cnc[nH]1)C(=O)O.O=P(O)(O)O. The largest absolute Gasteiger partial charge is 0.480 e. The van der Waals surface area contributed by atoms with E-state index < -0.39 is 31.8 Å². The molecule has 14 nitrogen and oxygen atoms in total. The zero-order valence-electron chi connectivity index (χ0n) is 13.8. The van der Waals surface area contributed by atoms with Crippen molar-refractivity contribution in [2.24, 2.45) is 11.5 Å². The Labute approximate surface area is 152 Å². The summed E-state index contributed by atoms with van der Waals surface area (Å²) in [7, 11) is -4.64. The van der Waals surface area contributed by atoms with Gasteiger partial charge in [0.05, 0.1) is 12.7 Å². The first kappa shape index (κ1) is 24.4. The number of hydrogen-bond acceptors (Lipinski definition) is 7. The Kier molecular flexibility index (Phi) is 10.7. The summed E-state index contributed by atoms with van der Waals surface area (Å²) >= 11 is 0. The molecule has 0 aliphatic rings. The molecular weight excluding hydrogens is 387 g/mol. The van der Waals surface area contributed by atoms with Crippen molar-refractivity contribution >= 4 is 19.8 Å². The normalized spacial score (nSPS) is 12.6. The van der Waals surface area contributed by atoms with Gasteiger partial charge >= 0.3 is 19.8 Å². The van der Waals surface area contributed by atoms with Gasteiger partial charge in [-0.1, -0.05) is 0 Å². The molecule has 152 valence electrons. The van der Waals surface area contributed by atoms with Crippen molar-refractivity contribution in [3.05, 3.63) is 36.4 Å². The van der Waals surface area contributed by atoms with E-state index in [9.17, 15) is 9.59 Å². The van der Waals surface area contributed by atoms with Crippen molar-refractivity contribution in [1.82, 2.24) is 19.9 Å². The quantitative estimate of drug-likeness (QED) is 0.230. The van der Waals surface area contributed by atoms with Crippen LogP contribution < -0.4 is 11.5 Å². The third-order valence-electron chi connectivity index (χ3n) is 2.62. The second-order valence-electron chi connectivity index (χ2n) is 4.96. The maximum absolute atomic E-state index is 10.3. The van der Waals surface area contributed by atoms with Gasteiger partial charge in [-0.25, -0.2) is 14.5 Å². The molecule has 0 saturated carbocycles. The van der Waals surface area contributed by atoms with Crippen molar-refractivity contribution in [1.29, 1.82) is 0 Å². The highest BCUT2D eigenvalue weighted by Gasteiger charge is 2.12. The van der Waals surface area contributed by atoms with Crippen LogP contribution >= 0.6 is 7.82 Å². The molecule has 2 heterocycles. The average Bonchev–Trinajstić information content (AvgIpc) is 3.19. The number of rotatable bonds is 6. The van der Waals surface area contributed by atoms with Gasteiger partial charge in [0, 0.05) is 36.6 Å². The Balaban J connectivity index is 0.000000405. The van der Waals surface area contributed by atoms with Gasteiger partial charge in [0.25, 0.3) is 0 Å². The summed E-state index contributed by atoms with van der Waals surface area (Å²) in [6.07, 6.45) is 6.67. The van der Waals surface area contributed by atoms with E-state index in [0.717, 1.165) is 11.4 Å². The van der Waals surface area contributed by atoms with Crippen LogP contribution in [0.1, 0.15) is 11.4 Å². The highest BCUT2D eigenvalue weighted by Crippen LogP contribution is 2.25. The minimum Gasteiger partial charge on any atom is -0.480 e. The van der Waals surface area contributed by atoms with Gasteiger partial charge in [-0.2, -0.15) is 0 Å². The maximum Gasteiger partial charge on any atom is 0.466 e. The second-order valence-corrected chi connectivity index (χ2v) is 5.99. The molecule has 0 aliphatic heterocycles. The first-order valence-electron chi connectivity index (χ1n) is 7.09. The number of carbonyl (C=O) groups is 2. The predicted molar refractivity (Wildman–Crippen MR) is 90.1 cm³/mol. The third kappa shape index (κ3) is 14.3. The summed E-state index contributed by atoms with van der Waals surface area (Å²) in [6, 6.07) is -1.70. The van der Waals surface area contributed by atoms with E-state index in [0.29, 0.717) is 0 Å². The Morgan fingerprint density at radius 3 is 1.41 bits per heavy atom. The van der Waals surface area contributed by atoms with Gasteiger partial charge in [0.2, 0.25) is 0 Å². The van der Waals surface area contributed by atoms with E-state index in [2.05, 4.69) is 19.9 Å². The molecule has 0 aliphatic carbocycles. The number of aromatic nitrogens is 4. The second kappa shape index (κ2) is 11.9. The predicted octanol–water partition coefficient (Wildman–Crippen LogP) is -2.20. The molecule has 0 aromatic carbocycles. The van der Waals surface area contributed by atoms with Crippen molar-refractivity contribution in [3.8, 4) is 0 Å². The minimum absolute atomic E-state index is 0.287. The zero-order valence-corrected chi connectivity index (χ0v) is 14.7. The lowest BCUT2D eigenvalue weighted by atomic mass is 10.2. The molecule has 0 fully saturated rings. The van der Waals surface area contributed by atoms with E-state index in [1.54, 1.807) is 12.4 Å². The molecule has 2 atom stereocenters. The Morgan fingerprint density at radius 1 is 0.926 bits per heavy atom. The van der Waals surface area contributed by atoms with E-state index >= 15 is 0 Å². The molecular formula is C12H21N6O8P. The molecule has 2 aromatic heterocycles. The van der Waals surface area contributed by atoms with Crippen molar-refractivity contribution in [2.75, 3.05) is 0 Å². The number of hydrogen-bond donors (Lipinski definition) is 9. The molecule has 0 amide bonds. The van der Waals surface area contributed by atoms with Gasteiger partial charge in [-0.15, -0.1) is 0 Å². The highest BCUT2D eigenvalue weighted by molar-refractivity contribution is 7.45. The lowest BCUT2D eigenvalue weighted by molar-refractivity contribution is -0.139. The standard InChI is InChI=1S/2C6H9N3O2.H3O4P/c2*7-5(6(10)11)1-4-2-8-3-9-4;1-5(2,3)4/h2*2-3,5H,1,7H2,(H,8,9)(H,10,11);(H3,1,2,3,4)/t2*5-;/m00./s1. The van der Waals surface area contributed by atoms with Gasteiger partial charge in [-0.3, -0.25) is 9.59 Å². The molecule has 15 heteroatoms. The molecule has 2 aromatic rings. The van der Waals surface area contributed by atoms with Gasteiger partial charge < -0.3 is 46.3 Å². The fourth-order valence-corrected chi connectivity index (χ4v) is 1.44. The van der Waals surface area contributed by atoms with E-state index in [4.69, 9.17) is 40.9 Å². The molecule has 0 saturated heterocycles. The lowest BCUT2D eigenvalue weighted by Gasteiger charge is -2.02. The Morgan fingerprint density at radius 2 is 1.22 bits per heavy atom. The fraction of sp³-hybridized carbons (Fsp3) is 0.333. The summed E-state index contributed by atoms with van der Waals surface area (Å²) < 4.78 is 8.88. The van der Waals surface area contributed by atoms with Crippen LogP contribution in [0, 0.1) is 0 Å². The van der Waals surface area contributed by atoms with Crippen LogP contribution in [-0.2, 0) is 27.0 Å². The highest BCUT2D eigenvalue weighted by atomic mass is 31.2. The zero-order chi connectivity index (χ0) is 21.0. The number of nitrogens with zero attached hydrogens (tertiary/aromatic N) is 2. The Bertz CT molecular complexity index is 656. The van der Waals surface area contributed by atoms with Crippen molar-refractivity contribution in [2.45, 2.75) is 24.9 Å². The first-order valence-corrected chi connectivity index (χ1v) is 8.66. The summed E-state index contributed by atoms with van der Waals surface area (Å²) in [4.78, 5) is 55.1. The summed E-state index contributed by atoms with van der Waals surface area (Å²) in [5.74, 6) is -2.00. The number of carboxylic acids is 2. The molecule has 27 heavy (non-hydrogen) atoms. The smallest absolute Gasteiger partial charge is 0.466 e. The van der Waals surface area contributed by atoms with E-state index in [1.807, 2.05) is 0 Å². The van der Waals surface area contributed by atoms with Gasteiger partial charge in [0.1, 0.15) is 12.1 Å². The topological polar surface area (TPSA) is 262 Å². The van der Waals surface area contributed by atoms with Crippen LogP contribution in [0.15, 0.2) is 25.0 Å². The van der Waals surface area contributed by atoms with Crippen molar-refractivity contribution in [3.63, 3.8) is 0 Å². The molecule has 0 radical (unpaired) electrons. The van der Waals surface area contributed by atoms with Crippen LogP contribution in [0.25, 0.3) is 0 Å². The molecule has 0 spiro atoms. The maximum atomic E-state index is 10.3. The fourth-order valence-electron chi connectivity index (χ4n) is 1.44. The number of nitrogens with two attached hydrogens (primary N) is 2. The van der Waals surface area contributed by atoms with Crippen LogP contribution in [0.4, 0.5) is 0 Å². The molecule has 2 rings (SSSR count). The molecule has 0 unspecified atom stereocenters. The number of aliphatic carboxylic acids is 2. The van der Waals surface area contributed by atoms with Crippen LogP contribution in [0.3, 0.4) is 0 Å². The lowest BCUT2D eigenvalue weighted by Crippen LogP contribution is -2.32. The monoisotopic (exact) mass is 408 g/mol. The first-order chi connectivity index (χ1) is 12.4. The number of H-pyrrole nitrogens is 2. The minimum atomic E-state index is -4.64. The summed E-state index contributed by atoms with van der Waals surface area (Å²) in [5, 5.41) is 16.8. The van der Waals surface area contributed by atoms with Crippen LogP contribution in [0.5, 0.6) is 0 Å². The number of imidazole rings is 2. The Hall–Kier alpha value is -2.61.